The molecule has 3 saturated carbocycles. The lowest BCUT2D eigenvalue weighted by molar-refractivity contribution is -0.349. The molecule has 0 unspecified atom stereocenters. The summed E-state index contributed by atoms with van der Waals surface area (Å²) in [4.78, 5) is 38.8. The molecule has 6 fully saturated rings. The van der Waals surface area contributed by atoms with Crippen molar-refractivity contribution in [1.29, 1.82) is 0 Å². The summed E-state index contributed by atoms with van der Waals surface area (Å²) in [5.74, 6) is -1.63. The second kappa shape index (κ2) is 8.58. The highest BCUT2D eigenvalue weighted by molar-refractivity contribution is 5.88. The Hall–Kier alpha value is -2.33. The molecule has 2 N–H and O–H groups in total. The zero-order valence-electron chi connectivity index (χ0n) is 21.9. The molecule has 3 aliphatic carbocycles. The summed E-state index contributed by atoms with van der Waals surface area (Å²) in [6.07, 6.45) is 4.22. The first-order valence-corrected chi connectivity index (χ1v) is 13.6. The summed E-state index contributed by atoms with van der Waals surface area (Å²) < 4.78 is 24.2. The van der Waals surface area contributed by atoms with Crippen LogP contribution in [0, 0.1) is 16.7 Å². The van der Waals surface area contributed by atoms with Crippen molar-refractivity contribution in [3.05, 3.63) is 36.0 Å². The quantitative estimate of drug-likeness (QED) is 0.388. The van der Waals surface area contributed by atoms with Gasteiger partial charge in [0.25, 0.3) is 0 Å². The average molecular weight is 529 g/mol. The Morgan fingerprint density at radius 1 is 1.16 bits per heavy atom. The van der Waals surface area contributed by atoms with Crippen LogP contribution in [-0.4, -0.2) is 76.8 Å². The van der Waals surface area contributed by atoms with E-state index in [-0.39, 0.29) is 50.3 Å². The van der Waals surface area contributed by atoms with E-state index < -0.39 is 52.3 Å². The lowest BCUT2D eigenvalue weighted by Gasteiger charge is -2.69. The molecule has 0 aromatic heterocycles. The second-order valence-corrected chi connectivity index (χ2v) is 12.2. The maximum Gasteiger partial charge on any atom is 0.330 e. The van der Waals surface area contributed by atoms with Gasteiger partial charge in [-0.2, -0.15) is 0 Å². The van der Waals surface area contributed by atoms with Crippen LogP contribution in [0.25, 0.3) is 0 Å². The van der Waals surface area contributed by atoms with E-state index in [1.165, 1.54) is 19.1 Å². The van der Waals surface area contributed by atoms with E-state index in [1.54, 1.807) is 6.08 Å². The van der Waals surface area contributed by atoms with Gasteiger partial charge in [0.1, 0.15) is 24.4 Å². The van der Waals surface area contributed by atoms with Gasteiger partial charge in [-0.3, -0.25) is 4.79 Å². The van der Waals surface area contributed by atoms with Gasteiger partial charge in [0, 0.05) is 35.3 Å². The van der Waals surface area contributed by atoms with Crippen molar-refractivity contribution in [2.24, 2.45) is 16.7 Å². The van der Waals surface area contributed by atoms with Crippen LogP contribution in [0.3, 0.4) is 0 Å². The van der Waals surface area contributed by atoms with E-state index >= 15 is 0 Å². The standard InChI is InChI=1S/C29H36O9/c1-16-7-10-27-15-35-23(32)12-18-8-11-36-28(17(2)30,24(18)33)9-5-4-6-22(31)37-20-13-21-29(34,26(20,27)3)14-19(16)25(27)38-21/h4,6,12,19-21,24-25,33-34H,1,5,7-11,13-15H2,2-3H3/b6-4-,18-12-/t19-,20+,21+,24+,25+,26+,27+,28+,29-/m0/s1. The summed E-state index contributed by atoms with van der Waals surface area (Å²) in [6, 6.07) is 0. The van der Waals surface area contributed by atoms with Gasteiger partial charge in [-0.25, -0.2) is 9.59 Å². The highest BCUT2D eigenvalue weighted by atomic mass is 16.6. The molecule has 9 atom stereocenters. The number of ketones is 1. The molecule has 8 bridgehead atoms. The Kier molecular flexibility index (Phi) is 5.85. The molecule has 0 aromatic rings. The number of aliphatic hydroxyl groups is 2. The zero-order chi connectivity index (χ0) is 27.1. The third-order valence-corrected chi connectivity index (χ3v) is 10.8. The van der Waals surface area contributed by atoms with E-state index in [0.717, 1.165) is 5.57 Å². The third kappa shape index (κ3) is 3.22. The lowest BCUT2D eigenvalue weighted by Crippen LogP contribution is -2.77. The lowest BCUT2D eigenvalue weighted by atomic mass is 9.41. The molecular formula is C29H36O9. The fourth-order valence-electron chi connectivity index (χ4n) is 8.57. The summed E-state index contributed by atoms with van der Waals surface area (Å²) in [5, 5.41) is 23.3. The van der Waals surface area contributed by atoms with Crippen LogP contribution in [0.2, 0.25) is 0 Å². The highest BCUT2D eigenvalue weighted by Gasteiger charge is 2.82. The molecule has 0 amide bonds. The topological polar surface area (TPSA) is 129 Å². The van der Waals surface area contributed by atoms with Crippen LogP contribution in [-0.2, 0) is 33.3 Å². The Labute approximate surface area is 221 Å². The monoisotopic (exact) mass is 528 g/mol. The average Bonchev–Trinajstić information content (AvgIpc) is 3.02. The minimum atomic E-state index is -1.51. The minimum Gasteiger partial charge on any atom is -0.462 e. The Bertz CT molecular complexity index is 1160. The van der Waals surface area contributed by atoms with Crippen LogP contribution >= 0.6 is 0 Å². The number of Topliss-reactive ketones (excluding diaryl/α,β-unsaturated/α-hetero) is 1. The molecule has 9 nitrogen and oxygen atoms in total. The van der Waals surface area contributed by atoms with Crippen molar-refractivity contribution in [1.82, 2.24) is 0 Å². The molecule has 0 aromatic carbocycles. The fourth-order valence-corrected chi connectivity index (χ4v) is 8.57. The number of allylic oxidation sites excluding steroid dienone is 1. The van der Waals surface area contributed by atoms with Crippen molar-refractivity contribution >= 4 is 17.7 Å². The molecule has 3 saturated heterocycles. The van der Waals surface area contributed by atoms with Gasteiger partial charge < -0.3 is 29.2 Å². The Balaban J connectivity index is 1.42. The largest absolute Gasteiger partial charge is 0.462 e. The number of carbonyl (C=O) groups excluding carboxylic acids is 3. The predicted octanol–water partition coefficient (Wildman–Crippen LogP) is 2.09. The van der Waals surface area contributed by atoms with Crippen LogP contribution in [0.4, 0.5) is 0 Å². The summed E-state index contributed by atoms with van der Waals surface area (Å²) in [5.41, 5.74) is -3.08. The van der Waals surface area contributed by atoms with Crippen LogP contribution in [0.15, 0.2) is 36.0 Å². The molecule has 7 aliphatic rings. The Morgan fingerprint density at radius 2 is 1.95 bits per heavy atom. The van der Waals surface area contributed by atoms with Gasteiger partial charge >= 0.3 is 11.9 Å². The zero-order valence-corrected chi connectivity index (χ0v) is 21.9. The smallest absolute Gasteiger partial charge is 0.330 e. The van der Waals surface area contributed by atoms with E-state index in [0.29, 0.717) is 31.3 Å². The molecule has 4 heterocycles. The van der Waals surface area contributed by atoms with Gasteiger partial charge in [-0.05, 0) is 51.0 Å². The molecular weight excluding hydrogens is 492 g/mol. The van der Waals surface area contributed by atoms with E-state index in [4.69, 9.17) is 18.9 Å². The van der Waals surface area contributed by atoms with Crippen molar-refractivity contribution in [2.45, 2.75) is 94.4 Å². The minimum absolute atomic E-state index is 0.0378. The summed E-state index contributed by atoms with van der Waals surface area (Å²) in [6.45, 7) is 7.68. The van der Waals surface area contributed by atoms with Crippen molar-refractivity contribution in [3.63, 3.8) is 0 Å². The van der Waals surface area contributed by atoms with E-state index in [1.807, 2.05) is 6.92 Å². The number of cyclic esters (lactones) is 1. The van der Waals surface area contributed by atoms with Crippen molar-refractivity contribution < 1.29 is 43.5 Å². The molecule has 38 heavy (non-hydrogen) atoms. The number of fused-ring (bicyclic) bond motifs is 2. The summed E-state index contributed by atoms with van der Waals surface area (Å²) in [7, 11) is 0. The van der Waals surface area contributed by atoms with Gasteiger partial charge in [-0.1, -0.05) is 25.2 Å². The molecule has 0 radical (unpaired) electrons. The van der Waals surface area contributed by atoms with Gasteiger partial charge in [-0.15, -0.1) is 0 Å². The first-order chi connectivity index (χ1) is 18.0. The van der Waals surface area contributed by atoms with E-state index in [9.17, 15) is 24.6 Å². The normalized spacial score (nSPS) is 50.5. The first-order valence-electron chi connectivity index (χ1n) is 13.6. The second-order valence-electron chi connectivity index (χ2n) is 12.2. The molecule has 206 valence electrons. The maximum absolute atomic E-state index is 13.2. The molecule has 1 spiro atoms. The Morgan fingerprint density at radius 3 is 2.71 bits per heavy atom. The first kappa shape index (κ1) is 25.9. The number of carbonyl (C=O) groups is 3. The predicted molar refractivity (Wildman–Crippen MR) is 133 cm³/mol. The van der Waals surface area contributed by atoms with Crippen LogP contribution < -0.4 is 0 Å². The van der Waals surface area contributed by atoms with E-state index in [2.05, 4.69) is 6.58 Å². The molecule has 9 heteroatoms. The fraction of sp³-hybridized carbons (Fsp3) is 0.690. The van der Waals surface area contributed by atoms with Gasteiger partial charge in [0.15, 0.2) is 11.4 Å². The van der Waals surface area contributed by atoms with Crippen molar-refractivity contribution in [2.75, 3.05) is 13.2 Å². The number of aliphatic hydroxyl groups excluding tert-OH is 1. The van der Waals surface area contributed by atoms with Crippen LogP contribution in [0.1, 0.15) is 58.8 Å². The highest BCUT2D eigenvalue weighted by Crippen LogP contribution is 2.74. The number of hydrogen-bond acceptors (Lipinski definition) is 9. The number of ether oxygens (including phenoxy) is 4. The SMILES string of the molecule is C=C1CC[C@@]23COC(=O)/C=C4/CCO[C@@](C(C)=O)(CC/C=C\C(=O)O[C@@H]5C[C@H]6O[C@@H]2[C@H]1C[C@@]6(O)[C@]53C)[C@@H]4O. The van der Waals surface area contributed by atoms with Gasteiger partial charge in [0.05, 0.1) is 18.8 Å². The van der Waals surface area contributed by atoms with Crippen LogP contribution in [0.5, 0.6) is 0 Å². The number of hydrogen-bond donors (Lipinski definition) is 2. The van der Waals surface area contributed by atoms with Crippen molar-refractivity contribution in [3.8, 4) is 0 Å². The maximum atomic E-state index is 13.2. The number of esters is 2. The van der Waals surface area contributed by atoms with Gasteiger partial charge in [0.2, 0.25) is 0 Å². The molecule has 7 rings (SSSR count). The third-order valence-electron chi connectivity index (χ3n) is 10.8. The molecule has 4 aliphatic heterocycles. The summed E-state index contributed by atoms with van der Waals surface area (Å²) >= 11 is 0. The number of rotatable bonds is 1.